The van der Waals surface area contributed by atoms with E-state index in [-0.39, 0.29) is 21.5 Å². The Morgan fingerprint density at radius 1 is 1.27 bits per heavy atom. The summed E-state index contributed by atoms with van der Waals surface area (Å²) in [6.45, 7) is 2.27. The average Bonchev–Trinajstić information content (AvgIpc) is 2.51. The molecular weight excluding hydrogens is 330 g/mol. The molecule has 0 aromatic carbocycles. The lowest BCUT2D eigenvalue weighted by molar-refractivity contribution is 0.00942. The Bertz CT molecular complexity index is 751. The minimum atomic E-state index is -0.667. The fourth-order valence-corrected chi connectivity index (χ4v) is 3.62. The van der Waals surface area contributed by atoms with Crippen LogP contribution < -0.4 is 4.90 Å². The predicted molar refractivity (Wildman–Crippen MR) is 82.1 cm³/mol. The van der Waals surface area contributed by atoms with Crippen molar-refractivity contribution in [2.45, 2.75) is 24.8 Å². The van der Waals surface area contributed by atoms with Crippen LogP contribution in [0.2, 0.25) is 10.4 Å². The molecule has 4 rings (SSSR count). The molecule has 0 amide bonds. The molecule has 2 aliphatic rings. The number of fused-ring (bicyclic) bond motifs is 1. The maximum atomic E-state index is 14.2. The first-order valence-electron chi connectivity index (χ1n) is 7.13. The van der Waals surface area contributed by atoms with Crippen LogP contribution in [0.1, 0.15) is 19.3 Å². The smallest absolute Gasteiger partial charge is 0.225 e. The molecule has 2 fully saturated rings. The van der Waals surface area contributed by atoms with Crippen LogP contribution in [0, 0.1) is 5.82 Å². The van der Waals surface area contributed by atoms with Crippen molar-refractivity contribution in [3.63, 3.8) is 0 Å². The molecule has 0 saturated carbocycles. The topological polar surface area (TPSA) is 51.1 Å². The Morgan fingerprint density at radius 2 is 2.14 bits per heavy atom. The molecule has 0 N–H and O–H groups in total. The van der Waals surface area contributed by atoms with Crippen LogP contribution in [-0.2, 0) is 4.74 Å². The van der Waals surface area contributed by atoms with Gasteiger partial charge in [-0.2, -0.15) is 4.98 Å². The third-order valence-electron chi connectivity index (χ3n) is 4.52. The van der Waals surface area contributed by atoms with E-state index in [1.165, 1.54) is 6.20 Å². The predicted octanol–water partition coefficient (Wildman–Crippen LogP) is 3.23. The molecule has 1 spiro atoms. The molecule has 0 radical (unpaired) electrons. The van der Waals surface area contributed by atoms with Gasteiger partial charge in [0.1, 0.15) is 11.3 Å². The zero-order chi connectivity index (χ0) is 15.3. The zero-order valence-corrected chi connectivity index (χ0v) is 13.2. The van der Waals surface area contributed by atoms with Gasteiger partial charge in [0, 0.05) is 19.3 Å². The van der Waals surface area contributed by atoms with Crippen molar-refractivity contribution in [2.24, 2.45) is 0 Å². The Labute approximate surface area is 136 Å². The minimum Gasteiger partial charge on any atom is -0.379 e. The molecule has 2 aliphatic heterocycles. The molecule has 0 bridgehead atoms. The van der Waals surface area contributed by atoms with Gasteiger partial charge in [0.25, 0.3) is 0 Å². The maximum absolute atomic E-state index is 14.2. The normalized spacial score (nSPS) is 24.8. The molecule has 116 valence electrons. The number of rotatable bonds is 1. The Balaban J connectivity index is 1.86. The number of hydrogen-bond donors (Lipinski definition) is 0. The second kappa shape index (κ2) is 5.15. The summed E-state index contributed by atoms with van der Waals surface area (Å²) in [6, 6.07) is 0. The first-order valence-corrected chi connectivity index (χ1v) is 7.89. The molecule has 5 nitrogen and oxygen atoms in total. The Hall–Kier alpha value is -1.24. The molecular formula is C14H13Cl2FN4O. The van der Waals surface area contributed by atoms with E-state index in [1.807, 2.05) is 0 Å². The third-order valence-corrected chi connectivity index (χ3v) is 4.96. The average molecular weight is 343 g/mol. The highest BCUT2D eigenvalue weighted by Crippen LogP contribution is 2.43. The van der Waals surface area contributed by atoms with Crippen molar-refractivity contribution >= 4 is 39.9 Å². The zero-order valence-electron chi connectivity index (χ0n) is 11.7. The summed E-state index contributed by atoms with van der Waals surface area (Å²) in [5, 5.41) is 0.311. The summed E-state index contributed by atoms with van der Waals surface area (Å²) in [7, 11) is 0. The highest BCUT2D eigenvalue weighted by atomic mass is 35.5. The van der Waals surface area contributed by atoms with Gasteiger partial charge in [0.15, 0.2) is 11.0 Å². The van der Waals surface area contributed by atoms with Crippen LogP contribution >= 0.6 is 23.2 Å². The maximum Gasteiger partial charge on any atom is 0.225 e. The molecule has 8 heteroatoms. The molecule has 1 unspecified atom stereocenters. The third kappa shape index (κ3) is 2.05. The van der Waals surface area contributed by atoms with E-state index < -0.39 is 5.82 Å². The lowest BCUT2D eigenvalue weighted by Gasteiger charge is -2.55. The lowest BCUT2D eigenvalue weighted by Crippen LogP contribution is -2.64. The second-order valence-corrected chi connectivity index (χ2v) is 6.42. The number of hydrogen-bond acceptors (Lipinski definition) is 5. The Kier molecular flexibility index (Phi) is 3.36. The monoisotopic (exact) mass is 342 g/mol. The molecule has 4 heterocycles. The molecule has 0 aliphatic carbocycles. The van der Waals surface area contributed by atoms with Crippen LogP contribution in [0.15, 0.2) is 6.20 Å². The highest BCUT2D eigenvalue weighted by molar-refractivity contribution is 6.30. The van der Waals surface area contributed by atoms with E-state index in [4.69, 9.17) is 27.9 Å². The van der Waals surface area contributed by atoms with Crippen LogP contribution in [0.5, 0.6) is 0 Å². The van der Waals surface area contributed by atoms with E-state index in [9.17, 15) is 4.39 Å². The van der Waals surface area contributed by atoms with Crippen molar-refractivity contribution < 1.29 is 9.13 Å². The molecule has 2 aromatic rings. The second-order valence-electron chi connectivity index (χ2n) is 5.72. The summed E-state index contributed by atoms with van der Waals surface area (Å²) in [5.74, 6) is -0.0611. The minimum absolute atomic E-state index is 0.00226. The lowest BCUT2D eigenvalue weighted by atomic mass is 9.80. The van der Waals surface area contributed by atoms with Crippen LogP contribution in [-0.4, -0.2) is 40.2 Å². The molecule has 22 heavy (non-hydrogen) atoms. The van der Waals surface area contributed by atoms with Gasteiger partial charge in [-0.25, -0.2) is 14.4 Å². The van der Waals surface area contributed by atoms with Crippen molar-refractivity contribution in [3.05, 3.63) is 22.5 Å². The molecule has 1 atom stereocenters. The van der Waals surface area contributed by atoms with Crippen molar-refractivity contribution in [1.29, 1.82) is 0 Å². The van der Waals surface area contributed by atoms with Gasteiger partial charge in [0.2, 0.25) is 5.28 Å². The highest BCUT2D eigenvalue weighted by Gasteiger charge is 2.47. The molecule has 2 saturated heterocycles. The van der Waals surface area contributed by atoms with E-state index in [2.05, 4.69) is 19.9 Å². The summed E-state index contributed by atoms with van der Waals surface area (Å²) >= 11 is 11.7. The number of halogens is 3. The van der Waals surface area contributed by atoms with Crippen LogP contribution in [0.3, 0.4) is 0 Å². The molecule has 2 aromatic heterocycles. The van der Waals surface area contributed by atoms with Gasteiger partial charge in [-0.15, -0.1) is 0 Å². The van der Waals surface area contributed by atoms with Gasteiger partial charge in [0.05, 0.1) is 17.5 Å². The van der Waals surface area contributed by atoms with Gasteiger partial charge in [-0.1, -0.05) is 11.6 Å². The number of anilines is 1. The first-order chi connectivity index (χ1) is 10.6. The Morgan fingerprint density at radius 3 is 2.82 bits per heavy atom. The van der Waals surface area contributed by atoms with Gasteiger partial charge >= 0.3 is 0 Å². The van der Waals surface area contributed by atoms with Gasteiger partial charge in [-0.05, 0) is 30.9 Å². The quantitative estimate of drug-likeness (QED) is 0.588. The standard InChI is InChI=1S/C14H13Cl2FN4O/c15-11-9(17)10-8(6-18-11)12(20-13(16)19-10)21-4-3-14(21)2-1-5-22-7-14/h6H,1-5,7H2. The number of aromatic nitrogens is 3. The van der Waals surface area contributed by atoms with E-state index in [1.54, 1.807) is 0 Å². The van der Waals surface area contributed by atoms with Crippen LogP contribution in [0.4, 0.5) is 10.2 Å². The van der Waals surface area contributed by atoms with E-state index >= 15 is 0 Å². The van der Waals surface area contributed by atoms with E-state index in [0.717, 1.165) is 32.4 Å². The van der Waals surface area contributed by atoms with E-state index in [0.29, 0.717) is 17.8 Å². The first kappa shape index (κ1) is 14.4. The van der Waals surface area contributed by atoms with Gasteiger partial charge in [-0.3, -0.25) is 0 Å². The number of ether oxygens (including phenoxy) is 1. The summed E-state index contributed by atoms with van der Waals surface area (Å²) < 4.78 is 19.8. The van der Waals surface area contributed by atoms with Crippen molar-refractivity contribution in [3.8, 4) is 0 Å². The largest absolute Gasteiger partial charge is 0.379 e. The SMILES string of the molecule is Fc1c(Cl)ncc2c(N3CCC34CCCOC4)nc(Cl)nc12. The number of nitrogens with zero attached hydrogens (tertiary/aromatic N) is 4. The van der Waals surface area contributed by atoms with Crippen molar-refractivity contribution in [2.75, 3.05) is 24.7 Å². The summed E-state index contributed by atoms with van der Waals surface area (Å²) in [5.41, 5.74) is 0.0349. The summed E-state index contributed by atoms with van der Waals surface area (Å²) in [4.78, 5) is 14.3. The fourth-order valence-electron chi connectivity index (χ4n) is 3.32. The fraction of sp³-hybridized carbons (Fsp3) is 0.500. The van der Waals surface area contributed by atoms with Gasteiger partial charge < -0.3 is 9.64 Å². The van der Waals surface area contributed by atoms with Crippen molar-refractivity contribution in [1.82, 2.24) is 15.0 Å². The number of pyridine rings is 1. The summed E-state index contributed by atoms with van der Waals surface area (Å²) in [6.07, 6.45) is 4.56. The van der Waals surface area contributed by atoms with Crippen LogP contribution in [0.25, 0.3) is 10.9 Å².